The summed E-state index contributed by atoms with van der Waals surface area (Å²) in [7, 11) is 0. The number of benzene rings is 3. The van der Waals surface area contributed by atoms with Crippen molar-refractivity contribution in [3.8, 4) is 5.75 Å². The van der Waals surface area contributed by atoms with Crippen LogP contribution in [-0.4, -0.2) is 23.6 Å². The highest BCUT2D eigenvalue weighted by atomic mass is 16.5. The Labute approximate surface area is 198 Å². The van der Waals surface area contributed by atoms with Crippen molar-refractivity contribution in [3.63, 3.8) is 0 Å². The minimum absolute atomic E-state index is 0.0716. The first kappa shape index (κ1) is 24.4. The number of carbonyl (C=O) groups is 4. The number of nitrogens with one attached hydrogen (secondary N) is 2. The van der Waals surface area contributed by atoms with Gasteiger partial charge < -0.3 is 15.4 Å². The van der Waals surface area contributed by atoms with Gasteiger partial charge in [0, 0.05) is 43.1 Å². The van der Waals surface area contributed by atoms with E-state index in [2.05, 4.69) is 10.6 Å². The Morgan fingerprint density at radius 3 is 2.29 bits per heavy atom. The van der Waals surface area contributed by atoms with Crippen molar-refractivity contribution < 1.29 is 23.9 Å². The first-order chi connectivity index (χ1) is 16.3. The van der Waals surface area contributed by atoms with E-state index in [4.69, 9.17) is 4.74 Å². The summed E-state index contributed by atoms with van der Waals surface area (Å²) in [5, 5.41) is 5.59. The van der Waals surface area contributed by atoms with Gasteiger partial charge >= 0.3 is 5.97 Å². The molecule has 174 valence electrons. The van der Waals surface area contributed by atoms with Crippen LogP contribution in [0.3, 0.4) is 0 Å². The fourth-order valence-electron chi connectivity index (χ4n) is 3.23. The average molecular weight is 459 g/mol. The first-order valence-electron chi connectivity index (χ1n) is 10.9. The maximum Gasteiger partial charge on any atom is 0.308 e. The summed E-state index contributed by atoms with van der Waals surface area (Å²) >= 11 is 0. The molecular formula is C27H26N2O5. The predicted octanol–water partition coefficient (Wildman–Crippen LogP) is 4.45. The highest BCUT2D eigenvalue weighted by molar-refractivity contribution is 6.04. The number of anilines is 1. The topological polar surface area (TPSA) is 102 Å². The van der Waals surface area contributed by atoms with E-state index in [9.17, 15) is 19.2 Å². The molecule has 0 aromatic heterocycles. The molecule has 0 saturated heterocycles. The second-order valence-corrected chi connectivity index (χ2v) is 7.84. The van der Waals surface area contributed by atoms with E-state index in [1.54, 1.807) is 48.5 Å². The van der Waals surface area contributed by atoms with Gasteiger partial charge in [0.2, 0.25) is 5.91 Å². The van der Waals surface area contributed by atoms with Crippen molar-refractivity contribution in [2.24, 2.45) is 0 Å². The fraction of sp³-hybridized carbons (Fsp3) is 0.185. The molecule has 7 nitrogen and oxygen atoms in total. The summed E-state index contributed by atoms with van der Waals surface area (Å²) in [6.45, 7) is 3.51. The van der Waals surface area contributed by atoms with Gasteiger partial charge in [-0.3, -0.25) is 19.2 Å². The van der Waals surface area contributed by atoms with Crippen molar-refractivity contribution >= 4 is 29.3 Å². The lowest BCUT2D eigenvalue weighted by Gasteiger charge is -2.10. The van der Waals surface area contributed by atoms with Crippen LogP contribution < -0.4 is 15.4 Å². The van der Waals surface area contributed by atoms with Gasteiger partial charge in [0.05, 0.1) is 0 Å². The molecule has 0 spiro atoms. The number of ether oxygens (including phenoxy) is 1. The molecule has 3 aromatic carbocycles. The SMILES string of the molecule is CC(=O)Oc1cccc(C(=O)Nc2cccc(CNC(=O)CCC(=O)c3ccc(C)cc3)c2)c1. The lowest BCUT2D eigenvalue weighted by Crippen LogP contribution is -2.23. The van der Waals surface area contributed by atoms with Crippen LogP contribution in [-0.2, 0) is 16.1 Å². The molecule has 2 amide bonds. The molecule has 0 aliphatic carbocycles. The van der Waals surface area contributed by atoms with E-state index in [1.165, 1.54) is 13.0 Å². The first-order valence-corrected chi connectivity index (χ1v) is 10.9. The number of aryl methyl sites for hydroxylation is 1. The van der Waals surface area contributed by atoms with Gasteiger partial charge in [-0.25, -0.2) is 0 Å². The molecule has 0 heterocycles. The van der Waals surface area contributed by atoms with Crippen molar-refractivity contribution in [1.29, 1.82) is 0 Å². The maximum absolute atomic E-state index is 12.6. The number of esters is 1. The number of carbonyl (C=O) groups excluding carboxylic acids is 4. The van der Waals surface area contributed by atoms with Gasteiger partial charge in [0.1, 0.15) is 5.75 Å². The molecule has 0 aliphatic heterocycles. The van der Waals surface area contributed by atoms with Gasteiger partial charge in [0.25, 0.3) is 5.91 Å². The van der Waals surface area contributed by atoms with Crippen LogP contribution in [0.25, 0.3) is 0 Å². The molecule has 0 saturated carbocycles. The second kappa shape index (κ2) is 11.6. The van der Waals surface area contributed by atoms with Crippen molar-refractivity contribution in [1.82, 2.24) is 5.32 Å². The van der Waals surface area contributed by atoms with Gasteiger partial charge in [-0.05, 0) is 42.8 Å². The number of rotatable bonds is 9. The summed E-state index contributed by atoms with van der Waals surface area (Å²) in [5.74, 6) is -0.830. The molecule has 7 heteroatoms. The Bertz CT molecular complexity index is 1200. The third-order valence-corrected chi connectivity index (χ3v) is 4.99. The zero-order chi connectivity index (χ0) is 24.5. The van der Waals surface area contributed by atoms with Crippen LogP contribution in [0.5, 0.6) is 5.75 Å². The van der Waals surface area contributed by atoms with Gasteiger partial charge in [-0.1, -0.05) is 48.0 Å². The van der Waals surface area contributed by atoms with Crippen LogP contribution in [0.4, 0.5) is 5.69 Å². The van der Waals surface area contributed by atoms with Crippen LogP contribution in [0.2, 0.25) is 0 Å². The molecule has 0 bridgehead atoms. The zero-order valence-corrected chi connectivity index (χ0v) is 19.1. The van der Waals surface area contributed by atoms with Crippen LogP contribution >= 0.6 is 0 Å². The quantitative estimate of drug-likeness (QED) is 0.280. The molecule has 3 rings (SSSR count). The number of ketones is 1. The standard InChI is InChI=1S/C27H26N2O5/c1-18-9-11-21(12-10-18)25(31)13-14-26(32)28-17-20-5-3-7-23(15-20)29-27(33)22-6-4-8-24(16-22)34-19(2)30/h3-12,15-16H,13-14,17H2,1-2H3,(H,28,32)(H,29,33). The van der Waals surface area contributed by atoms with E-state index in [0.717, 1.165) is 11.1 Å². The molecule has 0 aliphatic rings. The molecule has 34 heavy (non-hydrogen) atoms. The highest BCUT2D eigenvalue weighted by Crippen LogP contribution is 2.17. The number of hydrogen-bond donors (Lipinski definition) is 2. The monoisotopic (exact) mass is 458 g/mol. The van der Waals surface area contributed by atoms with Crippen LogP contribution in [0.15, 0.2) is 72.8 Å². The largest absolute Gasteiger partial charge is 0.427 e. The lowest BCUT2D eigenvalue weighted by molar-refractivity contribution is -0.131. The van der Waals surface area contributed by atoms with Crippen molar-refractivity contribution in [2.45, 2.75) is 33.2 Å². The molecule has 0 atom stereocenters. The Kier molecular flexibility index (Phi) is 8.29. The van der Waals surface area contributed by atoms with Crippen LogP contribution in [0.1, 0.15) is 51.6 Å². The normalized spacial score (nSPS) is 10.3. The smallest absolute Gasteiger partial charge is 0.308 e. The Morgan fingerprint density at radius 1 is 0.824 bits per heavy atom. The van der Waals surface area contributed by atoms with Crippen molar-refractivity contribution in [2.75, 3.05) is 5.32 Å². The third kappa shape index (κ3) is 7.41. The number of amides is 2. The van der Waals surface area contributed by atoms with E-state index < -0.39 is 5.97 Å². The van der Waals surface area contributed by atoms with E-state index in [0.29, 0.717) is 16.8 Å². The summed E-state index contributed by atoms with van der Waals surface area (Å²) < 4.78 is 5.01. The molecular weight excluding hydrogens is 432 g/mol. The molecule has 3 aromatic rings. The van der Waals surface area contributed by atoms with Crippen molar-refractivity contribution in [3.05, 3.63) is 95.1 Å². The zero-order valence-electron chi connectivity index (χ0n) is 19.1. The highest BCUT2D eigenvalue weighted by Gasteiger charge is 2.11. The Balaban J connectivity index is 1.50. The Morgan fingerprint density at radius 2 is 1.56 bits per heavy atom. The molecule has 0 unspecified atom stereocenters. The van der Waals surface area contributed by atoms with E-state index in [1.807, 2.05) is 25.1 Å². The van der Waals surface area contributed by atoms with E-state index >= 15 is 0 Å². The van der Waals surface area contributed by atoms with E-state index in [-0.39, 0.29) is 42.7 Å². The second-order valence-electron chi connectivity index (χ2n) is 7.84. The predicted molar refractivity (Wildman–Crippen MR) is 129 cm³/mol. The summed E-state index contributed by atoms with van der Waals surface area (Å²) in [4.78, 5) is 48.1. The van der Waals surface area contributed by atoms with Gasteiger partial charge in [-0.15, -0.1) is 0 Å². The number of hydrogen-bond acceptors (Lipinski definition) is 5. The molecule has 2 N–H and O–H groups in total. The summed E-state index contributed by atoms with van der Waals surface area (Å²) in [6, 6.07) is 20.7. The average Bonchev–Trinajstić information content (AvgIpc) is 2.81. The molecule has 0 radical (unpaired) electrons. The number of Topliss-reactive ketones (excluding diaryl/α,β-unsaturated/α-hetero) is 1. The summed E-state index contributed by atoms with van der Waals surface area (Å²) in [6.07, 6.45) is 0.235. The summed E-state index contributed by atoms with van der Waals surface area (Å²) in [5.41, 5.74) is 3.37. The molecule has 0 fully saturated rings. The minimum atomic E-state index is -0.466. The maximum atomic E-state index is 12.6. The lowest BCUT2D eigenvalue weighted by atomic mass is 10.0. The minimum Gasteiger partial charge on any atom is -0.427 e. The van der Waals surface area contributed by atoms with Crippen LogP contribution in [0, 0.1) is 6.92 Å². The fourth-order valence-corrected chi connectivity index (χ4v) is 3.23. The van der Waals surface area contributed by atoms with Gasteiger partial charge in [-0.2, -0.15) is 0 Å². The third-order valence-electron chi connectivity index (χ3n) is 4.99. The Hall–Kier alpha value is -4.26. The van der Waals surface area contributed by atoms with Gasteiger partial charge in [0.15, 0.2) is 5.78 Å².